The fourth-order valence-electron chi connectivity index (χ4n) is 3.75. The molecule has 1 amide bonds. The number of aromatic nitrogens is 1. The summed E-state index contributed by atoms with van der Waals surface area (Å²) in [7, 11) is 0. The number of carbonyl (C=O) groups is 1. The Labute approximate surface area is 167 Å². The van der Waals surface area contributed by atoms with E-state index in [4.69, 9.17) is 4.74 Å². The highest BCUT2D eigenvalue weighted by atomic mass is 16.5. The lowest BCUT2D eigenvalue weighted by molar-refractivity contribution is -0.120. The first kappa shape index (κ1) is 20.7. The molecule has 3 rings (SSSR count). The maximum Gasteiger partial charge on any atom is 0.241 e. The van der Waals surface area contributed by atoms with Crippen molar-refractivity contribution in [1.82, 2.24) is 14.8 Å². The zero-order valence-electron chi connectivity index (χ0n) is 17.2. The molecule has 0 aliphatic carbocycles. The Morgan fingerprint density at radius 2 is 2.14 bits per heavy atom. The van der Waals surface area contributed by atoms with Crippen molar-refractivity contribution in [1.29, 1.82) is 0 Å². The first-order valence-electron chi connectivity index (χ1n) is 10.3. The minimum absolute atomic E-state index is 0.0140. The van der Waals surface area contributed by atoms with Crippen LogP contribution < -0.4 is 5.32 Å². The minimum atomic E-state index is -0.191. The summed E-state index contributed by atoms with van der Waals surface area (Å²) >= 11 is 0. The fraction of sp³-hybridized carbons (Fsp3) is 0.545. The van der Waals surface area contributed by atoms with Crippen LogP contribution in [0, 0.1) is 0 Å². The number of likely N-dealkylation sites (tertiary alicyclic amines) is 1. The molecule has 0 saturated carbocycles. The van der Waals surface area contributed by atoms with Gasteiger partial charge in [-0.1, -0.05) is 19.9 Å². The molecule has 1 aliphatic heterocycles. The van der Waals surface area contributed by atoms with E-state index in [1.165, 1.54) is 0 Å². The highest BCUT2D eigenvalue weighted by molar-refractivity contribution is 6.02. The molecular formula is C22H32N4O2. The van der Waals surface area contributed by atoms with Crippen molar-refractivity contribution in [3.63, 3.8) is 0 Å². The van der Waals surface area contributed by atoms with E-state index in [1.54, 1.807) is 6.20 Å². The Kier molecular flexibility index (Phi) is 7.36. The van der Waals surface area contributed by atoms with Crippen molar-refractivity contribution in [3.05, 3.63) is 36.5 Å². The molecule has 2 unspecified atom stereocenters. The number of nitrogens with one attached hydrogen (secondary N) is 1. The molecule has 1 saturated heterocycles. The second-order valence-electron chi connectivity index (χ2n) is 7.34. The van der Waals surface area contributed by atoms with E-state index in [9.17, 15) is 4.79 Å². The first-order valence-corrected chi connectivity index (χ1v) is 10.3. The third-order valence-electron chi connectivity index (χ3n) is 5.66. The lowest BCUT2D eigenvalue weighted by Crippen LogP contribution is -2.41. The van der Waals surface area contributed by atoms with Gasteiger partial charge in [0.1, 0.15) is 0 Å². The van der Waals surface area contributed by atoms with Crippen molar-refractivity contribution >= 4 is 22.5 Å². The highest BCUT2D eigenvalue weighted by Crippen LogP contribution is 2.22. The summed E-state index contributed by atoms with van der Waals surface area (Å²) in [6.07, 6.45) is 2.96. The van der Waals surface area contributed by atoms with E-state index in [0.29, 0.717) is 0 Å². The van der Waals surface area contributed by atoms with E-state index >= 15 is 0 Å². The molecule has 2 heterocycles. The summed E-state index contributed by atoms with van der Waals surface area (Å²) in [6.45, 7) is 11.8. The molecule has 1 aromatic carbocycles. The molecule has 1 aliphatic rings. The van der Waals surface area contributed by atoms with Crippen LogP contribution in [0.4, 0.5) is 5.69 Å². The van der Waals surface area contributed by atoms with E-state index in [0.717, 1.165) is 62.3 Å². The molecule has 28 heavy (non-hydrogen) atoms. The average Bonchev–Trinajstić information content (AvgIpc) is 3.20. The zero-order valence-corrected chi connectivity index (χ0v) is 17.2. The van der Waals surface area contributed by atoms with Gasteiger partial charge < -0.3 is 15.0 Å². The molecule has 6 nitrogen and oxygen atoms in total. The van der Waals surface area contributed by atoms with Crippen molar-refractivity contribution in [2.24, 2.45) is 0 Å². The van der Waals surface area contributed by atoms with Gasteiger partial charge >= 0.3 is 0 Å². The molecule has 152 valence electrons. The van der Waals surface area contributed by atoms with Gasteiger partial charge in [0.2, 0.25) is 5.91 Å². The van der Waals surface area contributed by atoms with Gasteiger partial charge in [-0.3, -0.25) is 14.7 Å². The number of pyridine rings is 1. The Morgan fingerprint density at radius 1 is 1.32 bits per heavy atom. The highest BCUT2D eigenvalue weighted by Gasteiger charge is 2.30. The first-order chi connectivity index (χ1) is 13.6. The summed E-state index contributed by atoms with van der Waals surface area (Å²) in [5.74, 6) is 0.0140. The lowest BCUT2D eigenvalue weighted by Gasteiger charge is -2.24. The van der Waals surface area contributed by atoms with Crippen molar-refractivity contribution in [2.75, 3.05) is 44.6 Å². The topological polar surface area (TPSA) is 57.7 Å². The van der Waals surface area contributed by atoms with Crippen LogP contribution in [0.3, 0.4) is 0 Å². The molecule has 1 N–H and O–H groups in total. The lowest BCUT2D eigenvalue weighted by atomic mass is 10.1. The van der Waals surface area contributed by atoms with E-state index in [2.05, 4.69) is 33.9 Å². The molecule has 0 bridgehead atoms. The Morgan fingerprint density at radius 3 is 2.93 bits per heavy atom. The van der Waals surface area contributed by atoms with Crippen LogP contribution in [0.5, 0.6) is 0 Å². The van der Waals surface area contributed by atoms with Crippen LogP contribution in [0.25, 0.3) is 10.9 Å². The molecule has 0 spiro atoms. The second kappa shape index (κ2) is 9.96. The van der Waals surface area contributed by atoms with E-state index in [-0.39, 0.29) is 18.1 Å². The van der Waals surface area contributed by atoms with Crippen molar-refractivity contribution < 1.29 is 9.53 Å². The predicted molar refractivity (Wildman–Crippen MR) is 114 cm³/mol. The van der Waals surface area contributed by atoms with Crippen LogP contribution in [-0.4, -0.2) is 72.2 Å². The number of hydrogen-bond acceptors (Lipinski definition) is 5. The fourth-order valence-corrected chi connectivity index (χ4v) is 3.75. The summed E-state index contributed by atoms with van der Waals surface area (Å²) in [5.41, 5.74) is 1.70. The van der Waals surface area contributed by atoms with E-state index < -0.39 is 0 Å². The molecular weight excluding hydrogens is 352 g/mol. The monoisotopic (exact) mass is 384 g/mol. The maximum atomic E-state index is 12.8. The predicted octanol–water partition coefficient (Wildman–Crippen LogP) is 2.99. The van der Waals surface area contributed by atoms with Crippen LogP contribution in [0.1, 0.15) is 27.2 Å². The Bertz CT molecular complexity index is 773. The summed E-state index contributed by atoms with van der Waals surface area (Å²) < 4.78 is 6.05. The van der Waals surface area contributed by atoms with Gasteiger partial charge in [-0.05, 0) is 50.7 Å². The third-order valence-corrected chi connectivity index (χ3v) is 5.66. The van der Waals surface area contributed by atoms with Crippen LogP contribution in [-0.2, 0) is 9.53 Å². The number of benzene rings is 1. The number of likely N-dealkylation sites (N-methyl/N-ethyl adjacent to an activating group) is 1. The molecule has 6 heteroatoms. The number of carbonyl (C=O) groups excluding carboxylic acids is 1. The standard InChI is InChI=1S/C22H32N4O2/c1-4-25(5-2)14-15-28-18-11-13-26(16-18)17(3)22(27)24-21-10-6-9-20-19(21)8-7-12-23-20/h6-10,12,17-18H,4-5,11,13-16H2,1-3H3,(H,24,27). The normalized spacial score (nSPS) is 18.6. The number of anilines is 1. The van der Waals surface area contributed by atoms with Gasteiger partial charge in [0.25, 0.3) is 0 Å². The van der Waals surface area contributed by atoms with Gasteiger partial charge in [-0.15, -0.1) is 0 Å². The van der Waals surface area contributed by atoms with E-state index in [1.807, 2.05) is 37.3 Å². The quantitative estimate of drug-likeness (QED) is 0.720. The smallest absolute Gasteiger partial charge is 0.241 e. The van der Waals surface area contributed by atoms with Gasteiger partial charge in [0, 0.05) is 31.2 Å². The van der Waals surface area contributed by atoms with Crippen molar-refractivity contribution in [2.45, 2.75) is 39.3 Å². The largest absolute Gasteiger partial charge is 0.376 e. The second-order valence-corrected chi connectivity index (χ2v) is 7.34. The molecule has 2 atom stereocenters. The van der Waals surface area contributed by atoms with Crippen LogP contribution >= 0.6 is 0 Å². The molecule has 1 fully saturated rings. The van der Waals surface area contributed by atoms with Gasteiger partial charge in [0.05, 0.1) is 30.0 Å². The Hall–Kier alpha value is -2.02. The maximum absolute atomic E-state index is 12.8. The van der Waals surface area contributed by atoms with Crippen LogP contribution in [0.2, 0.25) is 0 Å². The van der Waals surface area contributed by atoms with Crippen molar-refractivity contribution in [3.8, 4) is 0 Å². The minimum Gasteiger partial charge on any atom is -0.376 e. The summed E-state index contributed by atoms with van der Waals surface area (Å²) in [5, 5.41) is 4.04. The molecule has 1 aromatic heterocycles. The zero-order chi connectivity index (χ0) is 19.9. The SMILES string of the molecule is CCN(CC)CCOC1CCN(C(C)C(=O)Nc2cccc3ncccc23)C1. The molecule has 0 radical (unpaired) electrons. The number of nitrogens with zero attached hydrogens (tertiary/aromatic N) is 3. The van der Waals surface area contributed by atoms with Gasteiger partial charge in [0.15, 0.2) is 0 Å². The molecule has 2 aromatic rings. The Balaban J connectivity index is 1.51. The number of amides is 1. The van der Waals surface area contributed by atoms with Crippen LogP contribution in [0.15, 0.2) is 36.5 Å². The average molecular weight is 385 g/mol. The van der Waals surface area contributed by atoms with Gasteiger partial charge in [-0.2, -0.15) is 0 Å². The number of fused-ring (bicyclic) bond motifs is 1. The summed E-state index contributed by atoms with van der Waals surface area (Å²) in [6, 6.07) is 9.49. The summed E-state index contributed by atoms with van der Waals surface area (Å²) in [4.78, 5) is 21.7. The van der Waals surface area contributed by atoms with Gasteiger partial charge in [-0.25, -0.2) is 0 Å². The number of ether oxygens (including phenoxy) is 1. The third kappa shape index (κ3) is 5.07. The number of rotatable bonds is 9. The number of hydrogen-bond donors (Lipinski definition) is 1.